The van der Waals surface area contributed by atoms with E-state index in [0.717, 1.165) is 26.1 Å². The number of carbonyl (C=O) groups excluding carboxylic acids is 1. The molecule has 1 aliphatic heterocycles. The summed E-state index contributed by atoms with van der Waals surface area (Å²) in [7, 11) is 0. The Balaban J connectivity index is 1.25. The Morgan fingerprint density at radius 1 is 1.21 bits per heavy atom. The Kier molecular flexibility index (Phi) is 6.17. The van der Waals surface area contributed by atoms with Gasteiger partial charge in [0.2, 0.25) is 0 Å². The molecule has 0 saturated carbocycles. The van der Waals surface area contributed by atoms with Gasteiger partial charge in [-0.25, -0.2) is 9.37 Å². The summed E-state index contributed by atoms with van der Waals surface area (Å²) in [5, 5.41) is 5.54. The maximum absolute atomic E-state index is 12.9. The summed E-state index contributed by atoms with van der Waals surface area (Å²) < 4.78 is 18.5. The number of nitrogens with one attached hydrogen (secondary N) is 1. The molecule has 7 heteroatoms. The molecule has 0 spiro atoms. The Bertz CT molecular complexity index is 946. The maximum atomic E-state index is 12.9. The average Bonchev–Trinajstić information content (AvgIpc) is 3.38. The molecule has 29 heavy (non-hydrogen) atoms. The van der Waals surface area contributed by atoms with E-state index >= 15 is 0 Å². The lowest BCUT2D eigenvalue weighted by Crippen LogP contribution is -2.37. The number of thiazole rings is 1. The molecule has 1 aliphatic rings. The minimum Gasteiger partial charge on any atom is -0.486 e. The number of aromatic nitrogens is 1. The molecular formula is C22H22FN3O2S. The van der Waals surface area contributed by atoms with Crippen molar-refractivity contribution in [1.29, 1.82) is 0 Å². The highest BCUT2D eigenvalue weighted by Gasteiger charge is 2.25. The van der Waals surface area contributed by atoms with Gasteiger partial charge in [-0.3, -0.25) is 9.69 Å². The van der Waals surface area contributed by atoms with Crippen LogP contribution in [0.5, 0.6) is 5.75 Å². The molecule has 0 aliphatic carbocycles. The van der Waals surface area contributed by atoms with E-state index in [1.165, 1.54) is 29.0 Å². The highest BCUT2D eigenvalue weighted by molar-refractivity contribution is 7.09. The van der Waals surface area contributed by atoms with E-state index in [9.17, 15) is 9.18 Å². The first kappa shape index (κ1) is 19.5. The van der Waals surface area contributed by atoms with Gasteiger partial charge < -0.3 is 10.1 Å². The van der Waals surface area contributed by atoms with Gasteiger partial charge in [-0.05, 0) is 36.2 Å². The lowest BCUT2D eigenvalue weighted by atomic mass is 10.2. The maximum Gasteiger partial charge on any atom is 0.271 e. The van der Waals surface area contributed by atoms with E-state index < -0.39 is 0 Å². The van der Waals surface area contributed by atoms with Gasteiger partial charge in [-0.2, -0.15) is 0 Å². The van der Waals surface area contributed by atoms with Crippen molar-refractivity contribution in [1.82, 2.24) is 15.2 Å². The van der Waals surface area contributed by atoms with Crippen LogP contribution in [0.1, 0.15) is 27.5 Å². The number of hydrogen-bond donors (Lipinski definition) is 1. The van der Waals surface area contributed by atoms with E-state index in [1.807, 2.05) is 18.2 Å². The smallest absolute Gasteiger partial charge is 0.271 e. The fourth-order valence-electron chi connectivity index (χ4n) is 3.35. The molecule has 1 saturated heterocycles. The van der Waals surface area contributed by atoms with Crippen LogP contribution in [0.15, 0.2) is 60.0 Å². The highest BCUT2D eigenvalue weighted by Crippen LogP contribution is 2.17. The molecule has 3 aromatic rings. The Hall–Kier alpha value is -2.77. The zero-order valence-electron chi connectivity index (χ0n) is 15.9. The largest absolute Gasteiger partial charge is 0.486 e. The Morgan fingerprint density at radius 3 is 2.79 bits per heavy atom. The lowest BCUT2D eigenvalue weighted by molar-refractivity contribution is 0.0933. The first-order chi connectivity index (χ1) is 14.2. The van der Waals surface area contributed by atoms with Crippen LogP contribution in [0.3, 0.4) is 0 Å². The first-order valence-electron chi connectivity index (χ1n) is 9.55. The second kappa shape index (κ2) is 9.15. The zero-order valence-corrected chi connectivity index (χ0v) is 16.7. The van der Waals surface area contributed by atoms with Crippen molar-refractivity contribution in [2.75, 3.05) is 13.1 Å². The molecule has 1 fully saturated rings. The second-order valence-electron chi connectivity index (χ2n) is 7.05. The molecule has 1 atom stereocenters. The van der Waals surface area contributed by atoms with Crippen molar-refractivity contribution in [2.45, 2.75) is 25.6 Å². The normalized spacial score (nSPS) is 16.7. The van der Waals surface area contributed by atoms with E-state index in [4.69, 9.17) is 4.74 Å². The number of benzene rings is 2. The molecule has 1 amide bonds. The van der Waals surface area contributed by atoms with Crippen LogP contribution in [0, 0.1) is 5.82 Å². The van der Waals surface area contributed by atoms with Gasteiger partial charge in [0.05, 0.1) is 0 Å². The predicted molar refractivity (Wildman–Crippen MR) is 110 cm³/mol. The fourth-order valence-corrected chi connectivity index (χ4v) is 4.04. The summed E-state index contributed by atoms with van der Waals surface area (Å²) in [6.45, 7) is 2.95. The molecule has 1 aromatic heterocycles. The van der Waals surface area contributed by atoms with Gasteiger partial charge in [0.15, 0.2) is 0 Å². The number of halogens is 1. The monoisotopic (exact) mass is 411 g/mol. The van der Waals surface area contributed by atoms with Crippen LogP contribution < -0.4 is 10.1 Å². The van der Waals surface area contributed by atoms with Crippen LogP contribution >= 0.6 is 11.3 Å². The molecule has 0 radical (unpaired) electrons. The predicted octanol–water partition coefficient (Wildman–Crippen LogP) is 3.87. The van der Waals surface area contributed by atoms with Crippen molar-refractivity contribution in [3.8, 4) is 5.75 Å². The van der Waals surface area contributed by atoms with Crippen LogP contribution in [0.25, 0.3) is 0 Å². The number of ether oxygens (including phenoxy) is 1. The van der Waals surface area contributed by atoms with Gasteiger partial charge in [-0.15, -0.1) is 11.3 Å². The van der Waals surface area contributed by atoms with E-state index in [1.54, 1.807) is 17.5 Å². The third kappa shape index (κ3) is 5.40. The minimum atomic E-state index is -0.306. The minimum absolute atomic E-state index is 0.131. The zero-order chi connectivity index (χ0) is 20.1. The number of carbonyl (C=O) groups is 1. The molecule has 2 heterocycles. The molecule has 5 nitrogen and oxygen atoms in total. The number of hydrogen-bond acceptors (Lipinski definition) is 5. The van der Waals surface area contributed by atoms with Crippen LogP contribution in [0.2, 0.25) is 0 Å². The van der Waals surface area contributed by atoms with Crippen molar-refractivity contribution in [2.24, 2.45) is 0 Å². The van der Waals surface area contributed by atoms with Gasteiger partial charge in [-0.1, -0.05) is 30.3 Å². The summed E-state index contributed by atoms with van der Waals surface area (Å²) in [6.07, 6.45) is 0.934. The van der Waals surface area contributed by atoms with Gasteiger partial charge in [0, 0.05) is 31.1 Å². The topological polar surface area (TPSA) is 54.5 Å². The number of nitrogens with zero attached hydrogens (tertiary/aromatic N) is 2. The van der Waals surface area contributed by atoms with Gasteiger partial charge in [0.25, 0.3) is 5.91 Å². The van der Waals surface area contributed by atoms with Gasteiger partial charge >= 0.3 is 0 Å². The summed E-state index contributed by atoms with van der Waals surface area (Å²) in [4.78, 5) is 19.2. The summed E-state index contributed by atoms with van der Waals surface area (Å²) in [5.41, 5.74) is 1.69. The van der Waals surface area contributed by atoms with Crippen molar-refractivity contribution < 1.29 is 13.9 Å². The summed E-state index contributed by atoms with van der Waals surface area (Å²) >= 11 is 1.38. The SMILES string of the molecule is O=C(N[C@@H]1CCN(Cc2ccccc2)C1)c1csc(COc2ccc(F)cc2)n1. The highest BCUT2D eigenvalue weighted by atomic mass is 32.1. The van der Waals surface area contributed by atoms with E-state index in [0.29, 0.717) is 16.5 Å². The van der Waals surface area contributed by atoms with E-state index in [2.05, 4.69) is 27.3 Å². The number of likely N-dealkylation sites (tertiary alicyclic amines) is 1. The molecule has 2 aromatic carbocycles. The first-order valence-corrected chi connectivity index (χ1v) is 10.4. The van der Waals surface area contributed by atoms with Crippen molar-refractivity contribution in [3.05, 3.63) is 82.1 Å². The molecule has 1 N–H and O–H groups in total. The second-order valence-corrected chi connectivity index (χ2v) is 7.99. The standard InChI is InChI=1S/C22H22FN3O2S/c23-17-6-8-19(9-7-17)28-14-21-25-20(15-29-21)22(27)24-18-10-11-26(13-18)12-16-4-2-1-3-5-16/h1-9,15,18H,10-14H2,(H,24,27)/t18-/m1/s1. The average molecular weight is 412 g/mol. The third-order valence-corrected chi connectivity index (χ3v) is 5.64. The van der Waals surface area contributed by atoms with Gasteiger partial charge in [0.1, 0.15) is 28.9 Å². The van der Waals surface area contributed by atoms with Crippen LogP contribution in [-0.4, -0.2) is 34.9 Å². The lowest BCUT2D eigenvalue weighted by Gasteiger charge is -2.16. The molecule has 0 bridgehead atoms. The Labute approximate surface area is 173 Å². The molecule has 4 rings (SSSR count). The van der Waals surface area contributed by atoms with Crippen LogP contribution in [-0.2, 0) is 13.2 Å². The Morgan fingerprint density at radius 2 is 2.00 bits per heavy atom. The number of amides is 1. The molecule has 0 unspecified atom stereocenters. The van der Waals surface area contributed by atoms with Crippen LogP contribution in [0.4, 0.5) is 4.39 Å². The van der Waals surface area contributed by atoms with E-state index in [-0.39, 0.29) is 24.4 Å². The van der Waals surface area contributed by atoms with Crippen molar-refractivity contribution >= 4 is 17.2 Å². The molecule has 150 valence electrons. The summed E-state index contributed by atoms with van der Waals surface area (Å²) in [5.74, 6) is 0.109. The molecular weight excluding hydrogens is 389 g/mol. The van der Waals surface area contributed by atoms with Crippen molar-refractivity contribution in [3.63, 3.8) is 0 Å². The quantitative estimate of drug-likeness (QED) is 0.641. The third-order valence-electron chi connectivity index (χ3n) is 4.82. The number of rotatable bonds is 7. The fraction of sp³-hybridized carbons (Fsp3) is 0.273. The summed E-state index contributed by atoms with van der Waals surface area (Å²) in [6, 6.07) is 16.3.